The predicted molar refractivity (Wildman–Crippen MR) is 565 cm³/mol. The molecule has 1 spiro atoms. The highest BCUT2D eigenvalue weighted by Crippen LogP contribution is 2.62. The first-order valence-corrected chi connectivity index (χ1v) is 51.7. The zero-order valence-corrected chi connectivity index (χ0v) is 97.7. The van der Waals surface area contributed by atoms with Crippen LogP contribution >= 0.6 is 0 Å². The average Bonchev–Trinajstić information content (AvgIpc) is 1.58. The first-order valence-electron chi connectivity index (χ1n) is 51.7. The van der Waals surface area contributed by atoms with Crippen LogP contribution in [0.2, 0.25) is 0 Å². The van der Waals surface area contributed by atoms with E-state index < -0.39 is 91.2 Å². The number of hydrogen-bond donors (Lipinski definition) is 7. The van der Waals surface area contributed by atoms with Gasteiger partial charge in [-0.2, -0.15) is 0 Å². The van der Waals surface area contributed by atoms with Crippen LogP contribution in [0.25, 0.3) is 0 Å². The van der Waals surface area contributed by atoms with Crippen molar-refractivity contribution in [3.63, 3.8) is 0 Å². The van der Waals surface area contributed by atoms with E-state index in [9.17, 15) is 67.1 Å². The second-order valence-corrected chi connectivity index (χ2v) is 57.4. The molecule has 7 N–H and O–H groups in total. The highest BCUT2D eigenvalue weighted by Gasteiger charge is 2.59. The fourth-order valence-electron chi connectivity index (χ4n) is 16.8. The monoisotopic (exact) mass is 1960 g/mol. The summed E-state index contributed by atoms with van der Waals surface area (Å²) in [6.07, 6.45) is 17.5. The number of aromatic nitrogens is 1. The van der Waals surface area contributed by atoms with Gasteiger partial charge < -0.3 is 46.7 Å². The Morgan fingerprint density at radius 3 is 0.914 bits per heavy atom. The summed E-state index contributed by atoms with van der Waals surface area (Å²) in [5.74, 6) is 1.84. The SMILES string of the molecule is CC(C)(C)C(=O)[C@@H](NC(=O)C1C2CCCCC21)C(C)(C)C.CC(C)(C)C(=O)[C@@H](NC(=O)C1CC12CCCCC2)C(C)(C)C.CC(C)(C)C(=O)[C@@H](NC(=O)Cc1cccnc1)C(C)(C)C.CC(C)(C)CC(=O)N[C@H](C(=O)C(C)(C)C)C(C)(C)C.CCC(=O)N[C@H](C(=O)C(C)(C)C)C(C)(C)C.CCC1(C(=O)N[C@H](C(=O)C(C)(C)C)C(C)(C)C)COC1.COC(C)(C)CC(=O)N[C@H](C(=O)C(C)(C)C)C(C)(C)C. The number of carbonyl (C=O) groups excluding carboxylic acids is 14. The Morgan fingerprint density at radius 1 is 0.367 bits per heavy atom. The van der Waals surface area contributed by atoms with Crippen molar-refractivity contribution >= 4 is 81.8 Å². The maximum Gasteiger partial charge on any atom is 0.231 e. The molecule has 5 aliphatic rings. The number of Topliss-reactive ketones (excluding diaryl/α,β-unsaturated/α-hetero) is 7. The number of fused-ring (bicyclic) bond motifs is 1. The van der Waals surface area contributed by atoms with Crippen molar-refractivity contribution in [1.82, 2.24) is 42.2 Å². The van der Waals surface area contributed by atoms with Crippen molar-refractivity contribution in [2.75, 3.05) is 20.3 Å². The summed E-state index contributed by atoms with van der Waals surface area (Å²) in [4.78, 5) is 178. The fraction of sp³-hybridized carbons (Fsp3) is 0.835. The van der Waals surface area contributed by atoms with Crippen LogP contribution < -0.4 is 37.2 Å². The smallest absolute Gasteiger partial charge is 0.231 e. The summed E-state index contributed by atoms with van der Waals surface area (Å²) in [6, 6.07) is 0.522. The molecule has 5 fully saturated rings. The Hall–Kier alpha value is -6.95. The number of amides is 7. The Kier molecular flexibility index (Phi) is 47.7. The normalized spacial score (nSPS) is 19.4. The van der Waals surface area contributed by atoms with E-state index in [0.29, 0.717) is 37.9 Å². The van der Waals surface area contributed by atoms with Crippen LogP contribution in [-0.4, -0.2) is 155 Å². The number of ether oxygens (including phenoxy) is 2. The summed E-state index contributed by atoms with van der Waals surface area (Å²) < 4.78 is 10.5. The first-order chi connectivity index (χ1) is 61.8. The third-order valence-electron chi connectivity index (χ3n) is 26.6. The van der Waals surface area contributed by atoms with E-state index in [1.807, 2.05) is 338 Å². The Bertz CT molecular complexity index is 4210. The molecule has 7 amide bonds. The van der Waals surface area contributed by atoms with Crippen LogP contribution in [0.1, 0.15) is 435 Å². The maximum absolute atomic E-state index is 12.7. The van der Waals surface area contributed by atoms with Crippen molar-refractivity contribution in [1.29, 1.82) is 0 Å². The van der Waals surface area contributed by atoms with Crippen molar-refractivity contribution in [2.45, 2.75) is 483 Å². The van der Waals surface area contributed by atoms with Crippen molar-refractivity contribution in [3.8, 4) is 0 Å². The molecule has 4 aliphatic carbocycles. The summed E-state index contributed by atoms with van der Waals surface area (Å²) in [5, 5.41) is 20.7. The number of rotatable bonds is 25. The summed E-state index contributed by atoms with van der Waals surface area (Å²) >= 11 is 0. The van der Waals surface area contributed by atoms with Crippen LogP contribution in [0.15, 0.2) is 24.5 Å². The van der Waals surface area contributed by atoms with Crippen molar-refractivity contribution < 1.29 is 76.6 Å². The molecule has 1 saturated heterocycles. The zero-order valence-electron chi connectivity index (χ0n) is 97.7. The highest BCUT2D eigenvalue weighted by atomic mass is 16.5. The number of nitrogens with one attached hydrogen (secondary N) is 7. The van der Waals surface area contributed by atoms with Gasteiger partial charge in [-0.15, -0.1) is 0 Å². The van der Waals surface area contributed by atoms with Gasteiger partial charge in [-0.05, 0) is 125 Å². The minimum atomic E-state index is -0.530. The molecule has 802 valence electrons. The van der Waals surface area contributed by atoms with Crippen LogP contribution in [0.4, 0.5) is 0 Å². The summed E-state index contributed by atoms with van der Waals surface area (Å²) in [6.45, 7) is 96.0. The standard InChI is InChI=1S/C19H33NO2.C18H31NO2.C17H26N2O2.C16H29NO3.C16H31NO3.C16H31NO2.C13H25NO2/c1-17(2,3)14(15(21)18(4,5)6)20-16(22)13-12-19(13)10-8-7-9-11-19;1-17(2,3)14(15(20)18(4,5)6)19-16(21)13-11-9-7-8-10-12(11)13;1-16(2,3)14(15(21)17(4,5)6)19-13(20)10-12-8-7-9-18-11-12;1-8-16(9-20-10-16)13(19)17-11(14(2,3)4)12(18)15(5,6)7;1-14(2,3)12(13(19)15(4,5)6)17-11(18)10-16(7,8)20-9;1-14(2,3)10-11(18)17-12(15(4,5)6)13(19)16(7,8)9;1-8-9(15)14-10(12(2,3)4)11(16)13(5,6)7/h13-14H,7-12H2,1-6H3,(H,20,22);11-14H,7-10H2,1-6H3,(H,19,21);7-9,11,14H,10H2,1-6H3,(H,19,20);11H,8-10H2,1-7H3,(H,17,19);12H,10H2,1-9H3,(H,17,18);12H,10H2,1-9H3,(H,17,18);10H,8H2,1-7H3,(H,14,15)/t13?,14-;11?,12?,13?,14-;14-;11-;2*12-;10-/m1111111/s1. The summed E-state index contributed by atoms with van der Waals surface area (Å²) in [7, 11) is 1.58. The maximum atomic E-state index is 12.7. The molecule has 1 aromatic rings. The molecule has 24 heteroatoms. The van der Waals surface area contributed by atoms with E-state index in [4.69, 9.17) is 9.47 Å². The lowest BCUT2D eigenvalue weighted by Crippen LogP contribution is -2.60. The topological polar surface area (TPSA) is 355 Å². The lowest BCUT2D eigenvalue weighted by atomic mass is 9.74. The largest absolute Gasteiger partial charge is 0.379 e. The molecule has 4 saturated carbocycles. The van der Waals surface area contributed by atoms with Gasteiger partial charge in [0.2, 0.25) is 41.4 Å². The summed E-state index contributed by atoms with van der Waals surface area (Å²) in [5.41, 5.74) is -5.11. The second-order valence-electron chi connectivity index (χ2n) is 57.4. The van der Waals surface area contributed by atoms with Gasteiger partial charge in [0.15, 0.2) is 40.5 Å². The van der Waals surface area contributed by atoms with E-state index in [2.05, 4.69) is 42.2 Å². The third kappa shape index (κ3) is 44.7. The number of hydrogen-bond acceptors (Lipinski definition) is 17. The van der Waals surface area contributed by atoms with Gasteiger partial charge in [0, 0.05) is 82.1 Å². The van der Waals surface area contributed by atoms with E-state index >= 15 is 0 Å². The van der Waals surface area contributed by atoms with Crippen molar-refractivity contribution in [3.05, 3.63) is 30.1 Å². The molecule has 1 aliphatic heterocycles. The molecule has 10 atom stereocenters. The van der Waals surface area contributed by atoms with Gasteiger partial charge in [0.05, 0.1) is 79.4 Å². The van der Waals surface area contributed by atoms with E-state index in [1.165, 1.54) is 57.8 Å². The third-order valence-corrected chi connectivity index (χ3v) is 26.6. The van der Waals surface area contributed by atoms with E-state index in [1.54, 1.807) is 32.5 Å². The molecule has 2 heterocycles. The molecule has 24 nitrogen and oxygen atoms in total. The van der Waals surface area contributed by atoms with E-state index in [0.717, 1.165) is 18.4 Å². The predicted octanol–water partition coefficient (Wildman–Crippen LogP) is 22.1. The van der Waals surface area contributed by atoms with Crippen LogP contribution in [0, 0.1) is 116 Å². The molecule has 0 radical (unpaired) electrons. The van der Waals surface area contributed by atoms with Crippen molar-refractivity contribution in [2.24, 2.45) is 116 Å². The van der Waals surface area contributed by atoms with Gasteiger partial charge in [-0.1, -0.05) is 364 Å². The average molecular weight is 1960 g/mol. The van der Waals surface area contributed by atoms with Gasteiger partial charge >= 0.3 is 0 Å². The van der Waals surface area contributed by atoms with Crippen LogP contribution in [0.5, 0.6) is 0 Å². The first kappa shape index (κ1) is 132. The zero-order chi connectivity index (χ0) is 110. The molecular weight excluding hydrogens is 1750 g/mol. The van der Waals surface area contributed by atoms with Gasteiger partial charge in [0.1, 0.15) is 0 Å². The fourth-order valence-corrected chi connectivity index (χ4v) is 16.8. The molecule has 3 unspecified atom stereocenters. The number of carbonyl (C=O) groups is 14. The minimum Gasteiger partial charge on any atom is -0.379 e. The van der Waals surface area contributed by atoms with E-state index in [-0.39, 0.29) is 155 Å². The van der Waals surface area contributed by atoms with Gasteiger partial charge in [0.25, 0.3) is 0 Å². The minimum absolute atomic E-state index is 0.0496. The molecule has 0 aromatic carbocycles. The quantitative estimate of drug-likeness (QED) is 0.0478. The highest BCUT2D eigenvalue weighted by molar-refractivity contribution is 5.99. The van der Waals surface area contributed by atoms with Crippen LogP contribution in [-0.2, 0) is 83.0 Å². The Morgan fingerprint density at radius 2 is 0.655 bits per heavy atom. The Labute approximate surface area is 845 Å². The Balaban J connectivity index is 0.00000160. The molecule has 1 aromatic heterocycles. The number of pyridine rings is 1. The number of ketones is 7. The second kappa shape index (κ2) is 50.2. The van der Waals surface area contributed by atoms with Gasteiger partial charge in [-0.25, -0.2) is 0 Å². The number of methoxy groups -OCH3 is 1. The molecule has 6 rings (SSSR count). The lowest BCUT2D eigenvalue weighted by molar-refractivity contribution is -0.165. The molecule has 0 bridgehead atoms. The molecule has 139 heavy (non-hydrogen) atoms. The number of nitrogens with zero attached hydrogens (tertiary/aromatic N) is 1. The lowest BCUT2D eigenvalue weighted by Gasteiger charge is -2.42. The molecular formula is C115H206N8O16. The van der Waals surface area contributed by atoms with Gasteiger partial charge in [-0.3, -0.25) is 72.1 Å². The van der Waals surface area contributed by atoms with Crippen LogP contribution in [0.3, 0.4) is 0 Å².